The average molecular weight is 460 g/mol. The maximum absolute atomic E-state index is 9.29. The molecule has 2 heterocycles. The fourth-order valence-corrected chi connectivity index (χ4v) is 2.25. The van der Waals surface area contributed by atoms with Crippen LogP contribution in [0.15, 0.2) is 12.5 Å². The molecule has 2 aromatic rings. The molecular formula is C18H30N5O5PS. The Bertz CT molecular complexity index is 739. The fraction of sp³-hybridized carbons (Fsp3) is 0.611. The van der Waals surface area contributed by atoms with Gasteiger partial charge in [0.25, 0.3) is 0 Å². The Hall–Kier alpha value is -1.80. The zero-order chi connectivity index (χ0) is 22.6. The van der Waals surface area contributed by atoms with Gasteiger partial charge in [0, 0.05) is 13.7 Å². The van der Waals surface area contributed by atoms with E-state index >= 15 is 0 Å². The normalized spacial score (nSPS) is 11.2. The number of aliphatic hydroxyl groups excluding tert-OH is 1. The molecule has 0 aliphatic rings. The third-order valence-corrected chi connectivity index (χ3v) is 4.39. The summed E-state index contributed by atoms with van der Waals surface area (Å²) in [6, 6.07) is 1.99. The number of ether oxygens (including phenoxy) is 2. The maximum atomic E-state index is 9.29. The molecule has 12 heteroatoms. The number of nitrogens with zero attached hydrogens (tertiary/aromatic N) is 5. The van der Waals surface area contributed by atoms with Crippen LogP contribution >= 0.6 is 21.3 Å². The van der Waals surface area contributed by atoms with Gasteiger partial charge in [0.05, 0.1) is 45.1 Å². The molecule has 0 radical (unpaired) electrons. The molecule has 0 aromatic carbocycles. The third kappa shape index (κ3) is 12.0. The van der Waals surface area contributed by atoms with Gasteiger partial charge in [-0.15, -0.1) is 0 Å². The van der Waals surface area contributed by atoms with E-state index in [1.165, 1.54) is 19.0 Å². The highest BCUT2D eigenvalue weighted by Crippen LogP contribution is 2.16. The predicted octanol–water partition coefficient (Wildman–Crippen LogP) is 2.80. The number of rotatable bonds is 11. The van der Waals surface area contributed by atoms with Gasteiger partial charge in [-0.2, -0.15) is 5.26 Å². The largest absolute Gasteiger partial charge is 0.493 e. The molecule has 0 aliphatic heterocycles. The summed E-state index contributed by atoms with van der Waals surface area (Å²) in [5, 5.41) is 17.6. The minimum absolute atomic E-state index is 0.102. The zero-order valence-electron chi connectivity index (χ0n) is 17.8. The number of aromatic nitrogens is 4. The molecule has 168 valence electrons. The lowest BCUT2D eigenvalue weighted by atomic mass is 10.3. The highest BCUT2D eigenvalue weighted by Gasteiger charge is 2.10. The van der Waals surface area contributed by atoms with Crippen molar-refractivity contribution in [3.63, 3.8) is 0 Å². The molecule has 0 saturated carbocycles. The van der Waals surface area contributed by atoms with E-state index in [9.17, 15) is 5.11 Å². The van der Waals surface area contributed by atoms with E-state index in [1.807, 2.05) is 6.07 Å². The molecule has 0 fully saturated rings. The van der Waals surface area contributed by atoms with Crippen LogP contribution in [-0.2, 0) is 31.7 Å². The molecule has 2 atom stereocenters. The molecule has 30 heavy (non-hydrogen) atoms. The van der Waals surface area contributed by atoms with Crippen molar-refractivity contribution in [3.8, 4) is 6.07 Å². The van der Waals surface area contributed by atoms with Crippen LogP contribution in [0.2, 0.25) is 0 Å². The van der Waals surface area contributed by atoms with E-state index in [2.05, 4.69) is 45.8 Å². The molecule has 2 unspecified atom stereocenters. The van der Waals surface area contributed by atoms with Crippen LogP contribution in [0.4, 0.5) is 0 Å². The highest BCUT2D eigenvalue weighted by molar-refractivity contribution is 7.78. The lowest BCUT2D eigenvalue weighted by molar-refractivity contribution is 0.115. The second-order valence-electron chi connectivity index (χ2n) is 5.54. The van der Waals surface area contributed by atoms with Crippen LogP contribution < -0.4 is 0 Å². The van der Waals surface area contributed by atoms with Gasteiger partial charge in [0.2, 0.25) is 0 Å². The van der Waals surface area contributed by atoms with E-state index in [-0.39, 0.29) is 15.6 Å². The standard InChI is InChI=1S/C11H14N5O3P.C5H12O.C2H4OS/c12-2-1-4-18-20-19-5-3-16-10(7-17)15-9-6-13-8-14-11(9)16;1-4-5(2)6-3;1-3-2-4/h6,8,17,20H,1,3-5,7H2;5H,4H2,1-3H3;2H,1H3. The number of thiocarbonyl (C=S) groups is 1. The Morgan fingerprint density at radius 2 is 2.07 bits per heavy atom. The van der Waals surface area contributed by atoms with Crippen molar-refractivity contribution in [3.05, 3.63) is 18.3 Å². The van der Waals surface area contributed by atoms with Gasteiger partial charge in [-0.1, -0.05) is 6.92 Å². The number of aliphatic hydroxyl groups is 1. The molecule has 0 aliphatic carbocycles. The van der Waals surface area contributed by atoms with Crippen LogP contribution in [0.25, 0.3) is 11.2 Å². The number of hydrogen-bond donors (Lipinski definition) is 1. The highest BCUT2D eigenvalue weighted by atomic mass is 32.1. The van der Waals surface area contributed by atoms with Crippen LogP contribution in [0.3, 0.4) is 0 Å². The van der Waals surface area contributed by atoms with Crippen molar-refractivity contribution in [2.75, 3.05) is 27.4 Å². The van der Waals surface area contributed by atoms with Gasteiger partial charge in [0.15, 0.2) is 14.7 Å². The van der Waals surface area contributed by atoms with Crippen molar-refractivity contribution in [1.82, 2.24) is 19.5 Å². The van der Waals surface area contributed by atoms with Crippen molar-refractivity contribution >= 4 is 38.0 Å². The molecular weight excluding hydrogens is 429 g/mol. The smallest absolute Gasteiger partial charge is 0.163 e. The molecule has 2 aromatic heterocycles. The summed E-state index contributed by atoms with van der Waals surface area (Å²) >= 11 is 4.21. The predicted molar refractivity (Wildman–Crippen MR) is 119 cm³/mol. The molecule has 2 rings (SSSR count). The molecule has 1 N–H and O–H groups in total. The van der Waals surface area contributed by atoms with Crippen molar-refractivity contribution < 1.29 is 23.6 Å². The number of fused-ring (bicyclic) bond motifs is 1. The van der Waals surface area contributed by atoms with E-state index in [0.717, 1.165) is 6.42 Å². The summed E-state index contributed by atoms with van der Waals surface area (Å²) in [4.78, 5) is 12.3. The maximum Gasteiger partial charge on any atom is 0.163 e. The van der Waals surface area contributed by atoms with E-state index in [4.69, 9.17) is 19.0 Å². The Morgan fingerprint density at radius 1 is 1.37 bits per heavy atom. The summed E-state index contributed by atoms with van der Waals surface area (Å²) in [5.41, 5.74) is 2.52. The SMILES string of the molecule is CCC(C)OC.COC=S.N#CCCOPOCCn1c(CO)nc2cncnc21. The number of methoxy groups -OCH3 is 2. The minimum Gasteiger partial charge on any atom is -0.493 e. The molecule has 0 spiro atoms. The van der Waals surface area contributed by atoms with E-state index in [0.29, 0.717) is 49.3 Å². The summed E-state index contributed by atoms with van der Waals surface area (Å²) in [5.74, 6) is 0.526. The summed E-state index contributed by atoms with van der Waals surface area (Å²) in [6.07, 6.45) is 4.94. The first-order valence-electron chi connectivity index (χ1n) is 9.20. The van der Waals surface area contributed by atoms with Gasteiger partial charge in [-0.25, -0.2) is 15.0 Å². The fourth-order valence-electron chi connectivity index (χ4n) is 1.81. The first-order chi connectivity index (χ1) is 14.6. The second kappa shape index (κ2) is 19.2. The molecule has 0 amide bonds. The lowest BCUT2D eigenvalue weighted by Crippen LogP contribution is -2.08. The Morgan fingerprint density at radius 3 is 2.60 bits per heavy atom. The van der Waals surface area contributed by atoms with Crippen molar-refractivity contribution in [2.24, 2.45) is 0 Å². The quantitative estimate of drug-likeness (QED) is 0.305. The van der Waals surface area contributed by atoms with Crippen LogP contribution in [0.1, 0.15) is 32.5 Å². The Balaban J connectivity index is 0.000000703. The van der Waals surface area contributed by atoms with E-state index in [1.54, 1.807) is 17.9 Å². The minimum atomic E-state index is -0.169. The number of hydrogen-bond acceptors (Lipinski definition) is 10. The topological polar surface area (TPSA) is 125 Å². The van der Waals surface area contributed by atoms with Gasteiger partial charge in [0.1, 0.15) is 29.8 Å². The van der Waals surface area contributed by atoms with Crippen molar-refractivity contribution in [2.45, 2.75) is 45.9 Å². The van der Waals surface area contributed by atoms with Crippen molar-refractivity contribution in [1.29, 1.82) is 5.26 Å². The molecule has 0 saturated heterocycles. The van der Waals surface area contributed by atoms with Crippen LogP contribution in [0.5, 0.6) is 0 Å². The summed E-state index contributed by atoms with van der Waals surface area (Å²) < 4.78 is 21.4. The van der Waals surface area contributed by atoms with Crippen LogP contribution in [0, 0.1) is 11.3 Å². The molecule has 0 bridgehead atoms. The van der Waals surface area contributed by atoms with Gasteiger partial charge >= 0.3 is 0 Å². The number of nitriles is 1. The van der Waals surface area contributed by atoms with Gasteiger partial charge < -0.3 is 28.2 Å². The number of imidazole rings is 1. The van der Waals surface area contributed by atoms with E-state index < -0.39 is 0 Å². The van der Waals surface area contributed by atoms with Gasteiger partial charge in [-0.3, -0.25) is 0 Å². The monoisotopic (exact) mass is 459 g/mol. The van der Waals surface area contributed by atoms with Gasteiger partial charge in [-0.05, 0) is 25.6 Å². The summed E-state index contributed by atoms with van der Waals surface area (Å²) in [6.45, 7) is 5.29. The zero-order valence-corrected chi connectivity index (χ0v) is 19.6. The Kier molecular flexibility index (Phi) is 18.0. The average Bonchev–Trinajstić information content (AvgIpc) is 3.16. The second-order valence-corrected chi connectivity index (χ2v) is 6.48. The summed E-state index contributed by atoms with van der Waals surface area (Å²) in [7, 11) is 3.15. The third-order valence-electron chi connectivity index (χ3n) is 3.56. The molecule has 10 nitrogen and oxygen atoms in total. The lowest BCUT2D eigenvalue weighted by Gasteiger charge is -2.07. The first-order valence-corrected chi connectivity index (χ1v) is 10.5. The first kappa shape index (κ1) is 28.2. The van der Waals surface area contributed by atoms with Crippen LogP contribution in [-0.4, -0.2) is 63.7 Å². The Labute approximate surface area is 184 Å².